The molecular weight excluding hydrogens is 362 g/mol. The number of carbonyl (C=O) groups is 1. The van der Waals surface area contributed by atoms with Gasteiger partial charge in [0.2, 0.25) is 5.91 Å². The Labute approximate surface area is 162 Å². The van der Waals surface area contributed by atoms with Crippen molar-refractivity contribution in [1.29, 1.82) is 0 Å². The number of amides is 1. The van der Waals surface area contributed by atoms with Gasteiger partial charge in [-0.3, -0.25) is 4.79 Å². The van der Waals surface area contributed by atoms with Crippen molar-refractivity contribution in [3.8, 4) is 0 Å². The molecule has 1 amide bonds. The summed E-state index contributed by atoms with van der Waals surface area (Å²) < 4.78 is 0. The largest absolute Gasteiger partial charge is 0.338 e. The maximum Gasteiger partial charge on any atom is 0.233 e. The minimum absolute atomic E-state index is 0.135. The van der Waals surface area contributed by atoms with E-state index >= 15 is 0 Å². The lowest BCUT2D eigenvalue weighted by Gasteiger charge is -2.21. The van der Waals surface area contributed by atoms with E-state index < -0.39 is 0 Å². The number of aromatic nitrogens is 2. The lowest BCUT2D eigenvalue weighted by molar-refractivity contribution is -0.128. The van der Waals surface area contributed by atoms with Crippen LogP contribution in [-0.2, 0) is 11.3 Å². The second kappa shape index (κ2) is 8.18. The SMILES string of the molecule is CCN(Cc1ccccc1)C(=O)CSc1nc(C)nc2sc(C)c(C)c12. The number of thiophene rings is 1. The van der Waals surface area contributed by atoms with Crippen molar-refractivity contribution in [1.82, 2.24) is 14.9 Å². The highest BCUT2D eigenvalue weighted by molar-refractivity contribution is 8.00. The van der Waals surface area contributed by atoms with Crippen LogP contribution in [0.2, 0.25) is 0 Å². The molecule has 0 spiro atoms. The molecule has 136 valence electrons. The van der Waals surface area contributed by atoms with E-state index in [-0.39, 0.29) is 5.91 Å². The van der Waals surface area contributed by atoms with Crippen molar-refractivity contribution >= 4 is 39.2 Å². The predicted octanol–water partition coefficient (Wildman–Crippen LogP) is 4.76. The Morgan fingerprint density at radius 3 is 2.58 bits per heavy atom. The number of hydrogen-bond donors (Lipinski definition) is 0. The van der Waals surface area contributed by atoms with Gasteiger partial charge >= 0.3 is 0 Å². The van der Waals surface area contributed by atoms with Crippen LogP contribution >= 0.6 is 23.1 Å². The minimum atomic E-state index is 0.135. The highest BCUT2D eigenvalue weighted by Gasteiger charge is 2.17. The zero-order chi connectivity index (χ0) is 18.7. The number of aryl methyl sites for hydroxylation is 3. The first kappa shape index (κ1) is 18.9. The van der Waals surface area contributed by atoms with Crippen LogP contribution in [0, 0.1) is 20.8 Å². The van der Waals surface area contributed by atoms with Crippen LogP contribution in [0.5, 0.6) is 0 Å². The molecule has 0 saturated heterocycles. The number of benzene rings is 1. The average molecular weight is 386 g/mol. The van der Waals surface area contributed by atoms with Gasteiger partial charge in [-0.15, -0.1) is 11.3 Å². The summed E-state index contributed by atoms with van der Waals surface area (Å²) in [4.78, 5) is 26.0. The van der Waals surface area contributed by atoms with Gasteiger partial charge in [0.05, 0.1) is 5.75 Å². The second-order valence-electron chi connectivity index (χ2n) is 6.22. The van der Waals surface area contributed by atoms with Gasteiger partial charge in [0, 0.05) is 23.4 Å². The zero-order valence-electron chi connectivity index (χ0n) is 15.6. The van der Waals surface area contributed by atoms with E-state index in [1.54, 1.807) is 11.3 Å². The summed E-state index contributed by atoms with van der Waals surface area (Å²) in [6, 6.07) is 10.1. The third-order valence-electron chi connectivity index (χ3n) is 4.39. The number of nitrogens with zero attached hydrogens (tertiary/aromatic N) is 3. The molecule has 2 heterocycles. The Kier molecular flexibility index (Phi) is 5.94. The number of thioether (sulfide) groups is 1. The topological polar surface area (TPSA) is 46.1 Å². The maximum atomic E-state index is 12.7. The fraction of sp³-hybridized carbons (Fsp3) is 0.350. The monoisotopic (exact) mass is 385 g/mol. The summed E-state index contributed by atoms with van der Waals surface area (Å²) in [7, 11) is 0. The van der Waals surface area contributed by atoms with Crippen molar-refractivity contribution in [2.24, 2.45) is 0 Å². The van der Waals surface area contributed by atoms with Crippen LogP contribution in [0.4, 0.5) is 0 Å². The number of rotatable bonds is 6. The molecule has 4 nitrogen and oxygen atoms in total. The lowest BCUT2D eigenvalue weighted by atomic mass is 10.2. The van der Waals surface area contributed by atoms with Crippen molar-refractivity contribution in [3.05, 3.63) is 52.2 Å². The lowest BCUT2D eigenvalue weighted by Crippen LogP contribution is -2.31. The molecule has 0 N–H and O–H groups in total. The van der Waals surface area contributed by atoms with Gasteiger partial charge in [0.25, 0.3) is 0 Å². The normalized spacial score (nSPS) is 11.1. The molecule has 0 aliphatic heterocycles. The Morgan fingerprint density at radius 1 is 1.15 bits per heavy atom. The fourth-order valence-electron chi connectivity index (χ4n) is 2.82. The summed E-state index contributed by atoms with van der Waals surface area (Å²) >= 11 is 3.21. The van der Waals surface area contributed by atoms with Crippen molar-refractivity contribution in [2.45, 2.75) is 39.3 Å². The summed E-state index contributed by atoms with van der Waals surface area (Å²) in [5, 5.41) is 2.01. The quantitative estimate of drug-likeness (QED) is 0.453. The summed E-state index contributed by atoms with van der Waals surface area (Å²) in [6.45, 7) is 9.48. The van der Waals surface area contributed by atoms with Crippen LogP contribution in [0.1, 0.15) is 28.8 Å². The Bertz CT molecular complexity index is 922. The Hall–Kier alpha value is -1.92. The second-order valence-corrected chi connectivity index (χ2v) is 8.39. The number of carbonyl (C=O) groups excluding carboxylic acids is 1. The van der Waals surface area contributed by atoms with Crippen LogP contribution < -0.4 is 0 Å². The van der Waals surface area contributed by atoms with E-state index in [1.165, 1.54) is 22.2 Å². The first-order valence-electron chi connectivity index (χ1n) is 8.68. The maximum absolute atomic E-state index is 12.7. The molecule has 0 saturated carbocycles. The molecule has 0 atom stereocenters. The smallest absolute Gasteiger partial charge is 0.233 e. The van der Waals surface area contributed by atoms with Gasteiger partial charge in [-0.05, 0) is 38.8 Å². The van der Waals surface area contributed by atoms with E-state index in [4.69, 9.17) is 0 Å². The molecule has 0 radical (unpaired) electrons. The van der Waals surface area contributed by atoms with Gasteiger partial charge in [-0.25, -0.2) is 9.97 Å². The summed E-state index contributed by atoms with van der Waals surface area (Å²) in [5.41, 5.74) is 2.37. The minimum Gasteiger partial charge on any atom is -0.338 e. The highest BCUT2D eigenvalue weighted by atomic mass is 32.2. The molecule has 1 aromatic carbocycles. The van der Waals surface area contributed by atoms with E-state index in [0.29, 0.717) is 18.8 Å². The first-order valence-corrected chi connectivity index (χ1v) is 10.5. The van der Waals surface area contributed by atoms with Crippen molar-refractivity contribution in [3.63, 3.8) is 0 Å². The van der Waals surface area contributed by atoms with Crippen LogP contribution in [-0.4, -0.2) is 33.1 Å². The first-order chi connectivity index (χ1) is 12.5. The van der Waals surface area contributed by atoms with E-state index in [9.17, 15) is 4.79 Å². The van der Waals surface area contributed by atoms with Gasteiger partial charge in [-0.1, -0.05) is 42.1 Å². The predicted molar refractivity (Wildman–Crippen MR) is 110 cm³/mol. The molecule has 0 aliphatic carbocycles. The molecule has 3 aromatic rings. The zero-order valence-corrected chi connectivity index (χ0v) is 17.2. The molecule has 26 heavy (non-hydrogen) atoms. The molecule has 2 aromatic heterocycles. The van der Waals surface area contributed by atoms with Crippen LogP contribution in [0.3, 0.4) is 0 Å². The molecule has 0 bridgehead atoms. The van der Waals surface area contributed by atoms with Crippen LogP contribution in [0.15, 0.2) is 35.4 Å². The Morgan fingerprint density at radius 2 is 1.88 bits per heavy atom. The van der Waals surface area contributed by atoms with Crippen molar-refractivity contribution < 1.29 is 4.79 Å². The third-order valence-corrected chi connectivity index (χ3v) is 6.45. The number of fused-ring (bicyclic) bond motifs is 1. The average Bonchev–Trinajstić information content (AvgIpc) is 2.92. The van der Waals surface area contributed by atoms with Gasteiger partial charge in [0.1, 0.15) is 15.7 Å². The standard InChI is InChI=1S/C20H23N3OS2/c1-5-23(11-16-9-7-6-8-10-16)17(24)12-25-19-18-13(2)14(3)26-20(18)22-15(4)21-19/h6-10H,5,11-12H2,1-4H3. The summed E-state index contributed by atoms with van der Waals surface area (Å²) in [6.07, 6.45) is 0. The molecule has 0 unspecified atom stereocenters. The Balaban J connectivity index is 1.75. The third kappa shape index (κ3) is 4.07. The number of hydrogen-bond acceptors (Lipinski definition) is 5. The van der Waals surface area contributed by atoms with E-state index in [2.05, 4.69) is 35.9 Å². The van der Waals surface area contributed by atoms with Crippen molar-refractivity contribution in [2.75, 3.05) is 12.3 Å². The van der Waals surface area contributed by atoms with Crippen LogP contribution in [0.25, 0.3) is 10.2 Å². The molecule has 3 rings (SSSR count). The molecule has 6 heteroatoms. The fourth-order valence-corrected chi connectivity index (χ4v) is 4.99. The summed E-state index contributed by atoms with van der Waals surface area (Å²) in [5.74, 6) is 1.28. The van der Waals surface area contributed by atoms with E-state index in [0.717, 1.165) is 26.6 Å². The van der Waals surface area contributed by atoms with E-state index in [1.807, 2.05) is 36.9 Å². The van der Waals surface area contributed by atoms with Gasteiger partial charge in [-0.2, -0.15) is 0 Å². The van der Waals surface area contributed by atoms with Gasteiger partial charge < -0.3 is 4.90 Å². The molecule has 0 aliphatic rings. The molecule has 0 fully saturated rings. The van der Waals surface area contributed by atoms with Gasteiger partial charge in [0.15, 0.2) is 0 Å². The highest BCUT2D eigenvalue weighted by Crippen LogP contribution is 2.35. The molecular formula is C20H23N3OS2.